The number of carbonyl (C=O) groups excluding carboxylic acids is 1. The number of ether oxygens (including phenoxy) is 3. The molecule has 0 saturated heterocycles. The van der Waals surface area contributed by atoms with E-state index in [0.29, 0.717) is 19.3 Å². The number of carbonyl (C=O) groups is 1. The first-order chi connectivity index (χ1) is 32.0. The van der Waals surface area contributed by atoms with Crippen LogP contribution in [0.5, 0.6) is 0 Å². The van der Waals surface area contributed by atoms with Crippen molar-refractivity contribution in [2.75, 3.05) is 13.2 Å². The van der Waals surface area contributed by atoms with Gasteiger partial charge >= 0.3 is 7.60 Å². The first-order valence-electron chi connectivity index (χ1n) is 22.4. The third kappa shape index (κ3) is 16.0. The molecule has 0 aromatic heterocycles. The van der Waals surface area contributed by atoms with E-state index in [0.717, 1.165) is 33.4 Å². The van der Waals surface area contributed by atoms with Crippen LogP contribution in [0.2, 0.25) is 0 Å². The van der Waals surface area contributed by atoms with Crippen LogP contribution in [0.4, 0.5) is 0 Å². The van der Waals surface area contributed by atoms with E-state index in [9.17, 15) is 9.90 Å². The number of aliphatic hydroxyl groups is 1. The van der Waals surface area contributed by atoms with Crippen molar-refractivity contribution in [2.45, 2.75) is 89.8 Å². The summed E-state index contributed by atoms with van der Waals surface area (Å²) < 4.78 is 50.2. The summed E-state index contributed by atoms with van der Waals surface area (Å²) in [5.74, 6) is -0.681. The van der Waals surface area contributed by atoms with Gasteiger partial charge in [-0.25, -0.2) is 5.06 Å². The van der Waals surface area contributed by atoms with Crippen molar-refractivity contribution in [3.05, 3.63) is 215 Å². The molecule has 0 aliphatic rings. The van der Waals surface area contributed by atoms with E-state index >= 15 is 4.57 Å². The number of hydrogen-bond donors (Lipinski definition) is 1. The second-order valence-corrected chi connectivity index (χ2v) is 18.2. The van der Waals surface area contributed by atoms with Gasteiger partial charge in [-0.3, -0.25) is 14.2 Å². The molecule has 6 rings (SSSR count). The summed E-state index contributed by atoms with van der Waals surface area (Å²) >= 11 is 0. The lowest BCUT2D eigenvalue weighted by molar-refractivity contribution is -0.213. The van der Waals surface area contributed by atoms with Crippen molar-refractivity contribution in [1.29, 1.82) is 0 Å². The van der Waals surface area contributed by atoms with Crippen LogP contribution in [0.1, 0.15) is 59.6 Å². The number of aliphatic hydroxyl groups excluding tert-OH is 1. The summed E-state index contributed by atoms with van der Waals surface area (Å²) in [6, 6.07) is 58.2. The number of amides is 1. The topological polar surface area (TPSA) is 113 Å². The molecule has 1 N–H and O–H groups in total. The molecule has 0 saturated carbocycles. The maximum Gasteiger partial charge on any atom is 0.334 e. The molecule has 0 aliphatic heterocycles. The van der Waals surface area contributed by atoms with Gasteiger partial charge in [0, 0.05) is 12.5 Å². The Bertz CT molecular complexity index is 2180. The van der Waals surface area contributed by atoms with Gasteiger partial charge in [-0.2, -0.15) is 0 Å². The highest BCUT2D eigenvalue weighted by atomic mass is 31.2. The molecular weight excluding hydrogens is 838 g/mol. The minimum absolute atomic E-state index is 0.0400. The molecule has 5 atom stereocenters. The van der Waals surface area contributed by atoms with Gasteiger partial charge in [-0.1, -0.05) is 195 Å². The van der Waals surface area contributed by atoms with Crippen LogP contribution >= 0.6 is 7.60 Å². The SMILES string of the molecule is CCCC(C(CCO)C(OCc1ccccc1)C(OCc1ccccc1)C(CN(C=O)OCc1ccccc1)OCc1ccccc1)P(=O)(OCc1ccccc1)OCc1ccccc1. The lowest BCUT2D eigenvalue weighted by Crippen LogP contribution is -2.53. The predicted octanol–water partition coefficient (Wildman–Crippen LogP) is 11.1. The number of hydrogen-bond acceptors (Lipinski definition) is 9. The Morgan fingerprint density at radius 1 is 0.508 bits per heavy atom. The zero-order chi connectivity index (χ0) is 45.4. The zero-order valence-corrected chi connectivity index (χ0v) is 38.1. The van der Waals surface area contributed by atoms with E-state index < -0.39 is 37.5 Å². The summed E-state index contributed by atoms with van der Waals surface area (Å²) in [6.45, 7) is 2.44. The summed E-state index contributed by atoms with van der Waals surface area (Å²) in [6.07, 6.45) is -0.864. The van der Waals surface area contributed by atoms with Gasteiger partial charge in [0.25, 0.3) is 0 Å². The monoisotopic (exact) mass is 899 g/mol. The van der Waals surface area contributed by atoms with Crippen LogP contribution in [0.3, 0.4) is 0 Å². The van der Waals surface area contributed by atoms with Crippen molar-refractivity contribution in [2.24, 2.45) is 5.92 Å². The third-order valence-corrected chi connectivity index (χ3v) is 13.6. The van der Waals surface area contributed by atoms with Crippen molar-refractivity contribution in [3.63, 3.8) is 0 Å². The maximum absolute atomic E-state index is 15.9. The molecule has 65 heavy (non-hydrogen) atoms. The van der Waals surface area contributed by atoms with Gasteiger partial charge in [-0.05, 0) is 46.2 Å². The van der Waals surface area contributed by atoms with E-state index in [-0.39, 0.29) is 59.2 Å². The standard InChI is InChI=1S/C54H62NO9P/c1-2-21-52(65(58,63-41-48-30-17-7-18-31-48)64-42-49-32-19-8-20-33-49)50(34-35-56)53(60-38-45-24-11-4-12-25-45)54(61-39-46-26-13-5-14-27-46)51(59-37-44-22-9-3-10-23-44)36-55(43-57)62-40-47-28-15-6-16-29-47/h3-20,22-33,43,50-54,56H,2,21,34-42H2,1H3. The molecule has 11 heteroatoms. The molecule has 0 radical (unpaired) electrons. The third-order valence-electron chi connectivity index (χ3n) is 11.2. The lowest BCUT2D eigenvalue weighted by Gasteiger charge is -2.42. The van der Waals surface area contributed by atoms with Crippen LogP contribution in [-0.2, 0) is 77.1 Å². The van der Waals surface area contributed by atoms with Crippen LogP contribution in [0.25, 0.3) is 0 Å². The van der Waals surface area contributed by atoms with Crippen molar-refractivity contribution in [1.82, 2.24) is 5.06 Å². The van der Waals surface area contributed by atoms with Crippen molar-refractivity contribution < 1.29 is 42.6 Å². The van der Waals surface area contributed by atoms with Crippen LogP contribution in [0, 0.1) is 5.92 Å². The average molecular weight is 900 g/mol. The Labute approximate surface area is 384 Å². The number of nitrogens with zero attached hydrogens (tertiary/aromatic N) is 1. The van der Waals surface area contributed by atoms with Gasteiger partial charge in [0.1, 0.15) is 18.8 Å². The second-order valence-electron chi connectivity index (χ2n) is 15.9. The molecule has 0 aliphatic carbocycles. The van der Waals surface area contributed by atoms with E-state index in [4.69, 9.17) is 28.1 Å². The Morgan fingerprint density at radius 3 is 1.26 bits per heavy atom. The van der Waals surface area contributed by atoms with Crippen LogP contribution in [-0.4, -0.2) is 53.7 Å². The highest BCUT2D eigenvalue weighted by Gasteiger charge is 2.48. The highest BCUT2D eigenvalue weighted by molar-refractivity contribution is 7.54. The Hall–Kier alpha value is -5.26. The fraction of sp³-hybridized carbons (Fsp3) is 0.315. The molecule has 6 aromatic carbocycles. The Kier molecular flexibility index (Phi) is 20.6. The second kappa shape index (κ2) is 27.3. The molecule has 5 unspecified atom stereocenters. The van der Waals surface area contributed by atoms with E-state index in [1.165, 1.54) is 5.06 Å². The molecular formula is C54H62NO9P. The zero-order valence-electron chi connectivity index (χ0n) is 37.2. The molecule has 1 amide bonds. The van der Waals surface area contributed by atoms with Crippen LogP contribution in [0.15, 0.2) is 182 Å². The first-order valence-corrected chi connectivity index (χ1v) is 24.0. The summed E-state index contributed by atoms with van der Waals surface area (Å²) in [7, 11) is -4.08. The summed E-state index contributed by atoms with van der Waals surface area (Å²) in [5, 5.41) is 12.3. The first kappa shape index (κ1) is 49.2. The van der Waals surface area contributed by atoms with Gasteiger partial charge < -0.3 is 28.4 Å². The van der Waals surface area contributed by atoms with E-state index in [2.05, 4.69) is 0 Å². The number of benzene rings is 6. The number of rotatable bonds is 30. The van der Waals surface area contributed by atoms with E-state index in [1.807, 2.05) is 189 Å². The number of hydroxylamine groups is 2. The minimum atomic E-state index is -4.08. The average Bonchev–Trinajstić information content (AvgIpc) is 3.37. The molecule has 0 bridgehead atoms. The molecule has 10 nitrogen and oxygen atoms in total. The Morgan fingerprint density at radius 2 is 0.877 bits per heavy atom. The highest BCUT2D eigenvalue weighted by Crippen LogP contribution is 2.60. The van der Waals surface area contributed by atoms with E-state index in [1.54, 1.807) is 0 Å². The molecule has 6 aromatic rings. The lowest BCUT2D eigenvalue weighted by atomic mass is 9.86. The van der Waals surface area contributed by atoms with Gasteiger partial charge in [0.15, 0.2) is 0 Å². The minimum Gasteiger partial charge on any atom is -0.396 e. The smallest absolute Gasteiger partial charge is 0.334 e. The van der Waals surface area contributed by atoms with Gasteiger partial charge in [-0.15, -0.1) is 0 Å². The maximum atomic E-state index is 15.9. The molecule has 0 spiro atoms. The fourth-order valence-electron chi connectivity index (χ4n) is 7.81. The fourth-order valence-corrected chi connectivity index (χ4v) is 10.3. The normalized spacial score (nSPS) is 13.9. The summed E-state index contributed by atoms with van der Waals surface area (Å²) in [5.41, 5.74) is 4.50. The Balaban J connectivity index is 1.46. The molecule has 342 valence electrons. The molecule has 0 heterocycles. The largest absolute Gasteiger partial charge is 0.396 e. The van der Waals surface area contributed by atoms with Gasteiger partial charge in [0.2, 0.25) is 6.41 Å². The molecule has 0 fully saturated rings. The van der Waals surface area contributed by atoms with Crippen LogP contribution < -0.4 is 0 Å². The summed E-state index contributed by atoms with van der Waals surface area (Å²) in [4.78, 5) is 19.1. The van der Waals surface area contributed by atoms with Crippen molar-refractivity contribution >= 4 is 14.0 Å². The van der Waals surface area contributed by atoms with Crippen molar-refractivity contribution in [3.8, 4) is 0 Å². The predicted molar refractivity (Wildman–Crippen MR) is 253 cm³/mol. The quantitative estimate of drug-likeness (QED) is 0.0268. The van der Waals surface area contributed by atoms with Gasteiger partial charge in [0.05, 0.1) is 51.3 Å².